The van der Waals surface area contributed by atoms with Crippen LogP contribution in [0.15, 0.2) is 42.5 Å². The number of hydrogen-bond donors (Lipinski definition) is 0. The van der Waals surface area contributed by atoms with E-state index in [1.807, 2.05) is 61.2 Å². The van der Waals surface area contributed by atoms with Crippen molar-refractivity contribution in [3.8, 4) is 0 Å². The standard InChI is InChI=1S/C20H23NO4/c1-3-11-24-19(23)16-15-9-10-20(25-15)12-21(18(22)17(16)20)13(2)14-7-5-4-6-8-14/h4-10,13,15-17H,3,11-12H2,1-2H3/t13-,15+,16-,17-,20+/m0/s1. The molecule has 5 atom stereocenters. The number of amides is 1. The first kappa shape index (κ1) is 16.3. The van der Waals surface area contributed by atoms with Crippen LogP contribution in [0.2, 0.25) is 0 Å². The topological polar surface area (TPSA) is 55.8 Å². The lowest BCUT2D eigenvalue weighted by Crippen LogP contribution is -2.40. The molecule has 0 aliphatic carbocycles. The summed E-state index contributed by atoms with van der Waals surface area (Å²) in [6.45, 7) is 4.84. The van der Waals surface area contributed by atoms with Gasteiger partial charge in [-0.2, -0.15) is 0 Å². The highest BCUT2D eigenvalue weighted by atomic mass is 16.6. The molecule has 3 heterocycles. The Labute approximate surface area is 147 Å². The van der Waals surface area contributed by atoms with Crippen LogP contribution in [0.3, 0.4) is 0 Å². The third kappa shape index (κ3) is 2.41. The van der Waals surface area contributed by atoms with Gasteiger partial charge in [-0.05, 0) is 18.9 Å². The minimum Gasteiger partial charge on any atom is -0.465 e. The molecule has 25 heavy (non-hydrogen) atoms. The molecule has 1 spiro atoms. The molecule has 5 nitrogen and oxygen atoms in total. The minimum atomic E-state index is -0.680. The zero-order valence-corrected chi connectivity index (χ0v) is 14.6. The van der Waals surface area contributed by atoms with E-state index in [1.54, 1.807) is 0 Å². The van der Waals surface area contributed by atoms with E-state index in [2.05, 4.69) is 0 Å². The van der Waals surface area contributed by atoms with Crippen LogP contribution < -0.4 is 0 Å². The molecule has 0 radical (unpaired) electrons. The summed E-state index contributed by atoms with van der Waals surface area (Å²) in [5, 5.41) is 0. The zero-order chi connectivity index (χ0) is 17.6. The summed E-state index contributed by atoms with van der Waals surface area (Å²) in [5.74, 6) is -1.33. The maximum atomic E-state index is 13.2. The normalized spacial score (nSPS) is 33.6. The molecule has 2 bridgehead atoms. The van der Waals surface area contributed by atoms with Crippen LogP contribution in [0, 0.1) is 11.8 Å². The Morgan fingerprint density at radius 3 is 2.88 bits per heavy atom. The zero-order valence-electron chi connectivity index (χ0n) is 14.6. The van der Waals surface area contributed by atoms with Crippen LogP contribution in [0.25, 0.3) is 0 Å². The van der Waals surface area contributed by atoms with E-state index in [-0.39, 0.29) is 24.0 Å². The van der Waals surface area contributed by atoms with Crippen molar-refractivity contribution in [1.29, 1.82) is 0 Å². The van der Waals surface area contributed by atoms with Crippen LogP contribution in [0.1, 0.15) is 31.9 Å². The first-order valence-electron chi connectivity index (χ1n) is 8.96. The summed E-state index contributed by atoms with van der Waals surface area (Å²) in [6.07, 6.45) is 4.31. The molecule has 2 saturated heterocycles. The van der Waals surface area contributed by atoms with E-state index in [9.17, 15) is 9.59 Å². The number of carbonyl (C=O) groups is 2. The second kappa shape index (κ2) is 5.99. The van der Waals surface area contributed by atoms with Crippen molar-refractivity contribution in [2.45, 2.75) is 38.0 Å². The van der Waals surface area contributed by atoms with E-state index in [0.717, 1.165) is 12.0 Å². The van der Waals surface area contributed by atoms with Gasteiger partial charge in [0.05, 0.1) is 31.2 Å². The monoisotopic (exact) mass is 341 g/mol. The van der Waals surface area contributed by atoms with Gasteiger partial charge in [-0.1, -0.05) is 49.4 Å². The van der Waals surface area contributed by atoms with Gasteiger partial charge >= 0.3 is 5.97 Å². The van der Waals surface area contributed by atoms with Crippen LogP contribution in [-0.4, -0.2) is 41.6 Å². The van der Waals surface area contributed by atoms with Crippen LogP contribution in [0.5, 0.6) is 0 Å². The second-order valence-electron chi connectivity index (χ2n) is 7.12. The number of esters is 1. The largest absolute Gasteiger partial charge is 0.465 e. The van der Waals surface area contributed by atoms with Crippen LogP contribution in [-0.2, 0) is 19.1 Å². The summed E-state index contributed by atoms with van der Waals surface area (Å²) in [4.78, 5) is 27.5. The Balaban J connectivity index is 1.60. The number of likely N-dealkylation sites (tertiary alicyclic amines) is 1. The fourth-order valence-corrected chi connectivity index (χ4v) is 4.34. The van der Waals surface area contributed by atoms with Crippen molar-refractivity contribution < 1.29 is 19.1 Å². The van der Waals surface area contributed by atoms with Crippen LogP contribution in [0.4, 0.5) is 0 Å². The lowest BCUT2D eigenvalue weighted by molar-refractivity contribution is -0.154. The minimum absolute atomic E-state index is 0.0124. The Kier molecular flexibility index (Phi) is 3.91. The van der Waals surface area contributed by atoms with Gasteiger partial charge in [0.25, 0.3) is 0 Å². The average Bonchev–Trinajstić information content (AvgIpc) is 3.28. The van der Waals surface area contributed by atoms with E-state index in [1.165, 1.54) is 0 Å². The Bertz CT molecular complexity index is 716. The molecule has 1 aromatic rings. The predicted molar refractivity (Wildman–Crippen MR) is 91.5 cm³/mol. The van der Waals surface area contributed by atoms with Crippen molar-refractivity contribution in [1.82, 2.24) is 4.90 Å². The molecule has 4 rings (SSSR count). The molecule has 0 N–H and O–H groups in total. The third-order valence-corrected chi connectivity index (χ3v) is 5.60. The van der Waals surface area contributed by atoms with E-state index >= 15 is 0 Å². The number of ether oxygens (including phenoxy) is 2. The molecule has 0 unspecified atom stereocenters. The van der Waals surface area contributed by atoms with E-state index in [0.29, 0.717) is 13.2 Å². The number of hydrogen-bond acceptors (Lipinski definition) is 4. The van der Waals surface area contributed by atoms with Crippen LogP contribution >= 0.6 is 0 Å². The Morgan fingerprint density at radius 2 is 2.16 bits per heavy atom. The van der Waals surface area contributed by atoms with Gasteiger partial charge in [-0.3, -0.25) is 9.59 Å². The fourth-order valence-electron chi connectivity index (χ4n) is 4.34. The molecular weight excluding hydrogens is 318 g/mol. The summed E-state index contributed by atoms with van der Waals surface area (Å²) in [5.41, 5.74) is 0.400. The van der Waals surface area contributed by atoms with Crippen molar-refractivity contribution in [3.63, 3.8) is 0 Å². The smallest absolute Gasteiger partial charge is 0.312 e. The van der Waals surface area contributed by atoms with E-state index < -0.39 is 17.4 Å². The number of fused-ring (bicyclic) bond motifs is 1. The van der Waals surface area contributed by atoms with Gasteiger partial charge < -0.3 is 14.4 Å². The predicted octanol–water partition coefficient (Wildman–Crippen LogP) is 2.48. The van der Waals surface area contributed by atoms with Crippen molar-refractivity contribution in [3.05, 3.63) is 48.0 Å². The molecule has 132 valence electrons. The molecule has 5 heteroatoms. The summed E-state index contributed by atoms with van der Waals surface area (Å²) in [7, 11) is 0. The highest BCUT2D eigenvalue weighted by Crippen LogP contribution is 2.53. The van der Waals surface area contributed by atoms with Gasteiger partial charge in [-0.25, -0.2) is 0 Å². The van der Waals surface area contributed by atoms with Gasteiger partial charge in [0.15, 0.2) is 0 Å². The highest BCUT2D eigenvalue weighted by Gasteiger charge is 2.67. The Hall–Kier alpha value is -2.14. The SMILES string of the molecule is CCCOC(=O)[C@@H]1[C@H]2C(=O)N([C@@H](C)c3ccccc3)C[C@]23C=C[C@H]1O3. The quantitative estimate of drug-likeness (QED) is 0.610. The summed E-state index contributed by atoms with van der Waals surface area (Å²) < 4.78 is 11.4. The highest BCUT2D eigenvalue weighted by molar-refractivity contribution is 5.91. The number of benzene rings is 1. The van der Waals surface area contributed by atoms with Crippen molar-refractivity contribution in [2.24, 2.45) is 11.8 Å². The van der Waals surface area contributed by atoms with Crippen molar-refractivity contribution in [2.75, 3.05) is 13.2 Å². The molecule has 1 amide bonds. The second-order valence-corrected chi connectivity index (χ2v) is 7.12. The molecule has 3 aliphatic rings. The van der Waals surface area contributed by atoms with Crippen molar-refractivity contribution >= 4 is 11.9 Å². The average molecular weight is 341 g/mol. The van der Waals surface area contributed by atoms with Gasteiger partial charge in [0.2, 0.25) is 5.91 Å². The fraction of sp³-hybridized carbons (Fsp3) is 0.500. The molecule has 0 saturated carbocycles. The lowest BCUT2D eigenvalue weighted by Gasteiger charge is -2.27. The first-order valence-corrected chi connectivity index (χ1v) is 8.96. The number of carbonyl (C=O) groups excluding carboxylic acids is 2. The molecular formula is C20H23NO4. The third-order valence-electron chi connectivity index (χ3n) is 5.60. The molecule has 1 aromatic carbocycles. The molecule has 3 aliphatic heterocycles. The number of rotatable bonds is 5. The summed E-state index contributed by atoms with van der Waals surface area (Å²) >= 11 is 0. The van der Waals surface area contributed by atoms with Gasteiger partial charge in [-0.15, -0.1) is 0 Å². The maximum Gasteiger partial charge on any atom is 0.312 e. The molecule has 0 aromatic heterocycles. The lowest BCUT2D eigenvalue weighted by atomic mass is 9.77. The first-order chi connectivity index (χ1) is 12.1. The Morgan fingerprint density at radius 1 is 1.40 bits per heavy atom. The summed E-state index contributed by atoms with van der Waals surface area (Å²) in [6, 6.07) is 9.88. The van der Waals surface area contributed by atoms with E-state index in [4.69, 9.17) is 9.47 Å². The maximum absolute atomic E-state index is 13.2. The van der Waals surface area contributed by atoms with Gasteiger partial charge in [0.1, 0.15) is 11.5 Å². The number of nitrogens with zero attached hydrogens (tertiary/aromatic N) is 1. The van der Waals surface area contributed by atoms with Gasteiger partial charge in [0, 0.05) is 0 Å². The molecule has 2 fully saturated rings.